The third-order valence-corrected chi connectivity index (χ3v) is 3.50. The standard InChI is InChI=1S/C14H26O2/c1-3-4-8-12(2)11-16-14(15)13-9-6-5-7-10-13/h12-13H,3-11H2,1-2H3. The minimum absolute atomic E-state index is 0.0584. The van der Waals surface area contributed by atoms with Crippen LogP contribution in [0.15, 0.2) is 0 Å². The molecule has 0 spiro atoms. The zero-order valence-electron chi connectivity index (χ0n) is 10.8. The lowest BCUT2D eigenvalue weighted by atomic mass is 9.89. The summed E-state index contributed by atoms with van der Waals surface area (Å²) in [5, 5.41) is 0. The van der Waals surface area contributed by atoms with Crippen LogP contribution in [0.1, 0.15) is 65.2 Å². The summed E-state index contributed by atoms with van der Waals surface area (Å²) >= 11 is 0. The Balaban J connectivity index is 2.13. The van der Waals surface area contributed by atoms with Crippen molar-refractivity contribution in [2.75, 3.05) is 6.61 Å². The van der Waals surface area contributed by atoms with Crippen LogP contribution in [0.25, 0.3) is 0 Å². The lowest BCUT2D eigenvalue weighted by Crippen LogP contribution is -2.22. The number of ether oxygens (including phenoxy) is 1. The van der Waals surface area contributed by atoms with E-state index in [1.165, 1.54) is 38.5 Å². The minimum Gasteiger partial charge on any atom is -0.465 e. The molecule has 0 N–H and O–H groups in total. The SMILES string of the molecule is CCCCC(C)COC(=O)C1CCCCC1. The Hall–Kier alpha value is -0.530. The van der Waals surface area contributed by atoms with Gasteiger partial charge < -0.3 is 4.74 Å². The van der Waals surface area contributed by atoms with Crippen molar-refractivity contribution in [3.63, 3.8) is 0 Å². The van der Waals surface area contributed by atoms with Crippen molar-refractivity contribution in [2.24, 2.45) is 11.8 Å². The average molecular weight is 226 g/mol. The summed E-state index contributed by atoms with van der Waals surface area (Å²) in [5.74, 6) is 0.780. The fourth-order valence-electron chi connectivity index (χ4n) is 2.32. The van der Waals surface area contributed by atoms with Gasteiger partial charge in [-0.25, -0.2) is 0 Å². The smallest absolute Gasteiger partial charge is 0.308 e. The molecule has 0 bridgehead atoms. The summed E-state index contributed by atoms with van der Waals surface area (Å²) < 4.78 is 5.40. The fraction of sp³-hybridized carbons (Fsp3) is 0.929. The summed E-state index contributed by atoms with van der Waals surface area (Å²) in [6.45, 7) is 4.99. The van der Waals surface area contributed by atoms with Gasteiger partial charge in [0.2, 0.25) is 0 Å². The molecule has 1 fully saturated rings. The van der Waals surface area contributed by atoms with E-state index in [1.54, 1.807) is 0 Å². The third-order valence-electron chi connectivity index (χ3n) is 3.50. The van der Waals surface area contributed by atoms with E-state index < -0.39 is 0 Å². The Morgan fingerprint density at radius 2 is 2.00 bits per heavy atom. The van der Waals surface area contributed by atoms with Crippen LogP contribution in [0.5, 0.6) is 0 Å². The molecule has 16 heavy (non-hydrogen) atoms. The van der Waals surface area contributed by atoms with Crippen molar-refractivity contribution in [3.05, 3.63) is 0 Å². The number of unbranched alkanes of at least 4 members (excludes halogenated alkanes) is 1. The highest BCUT2D eigenvalue weighted by Gasteiger charge is 2.22. The lowest BCUT2D eigenvalue weighted by Gasteiger charge is -2.21. The van der Waals surface area contributed by atoms with Crippen LogP contribution in [0.3, 0.4) is 0 Å². The van der Waals surface area contributed by atoms with Gasteiger partial charge in [-0.05, 0) is 25.2 Å². The molecule has 94 valence electrons. The molecule has 0 radical (unpaired) electrons. The van der Waals surface area contributed by atoms with Crippen LogP contribution in [0.2, 0.25) is 0 Å². The Labute approximate surface area is 99.8 Å². The van der Waals surface area contributed by atoms with Crippen molar-refractivity contribution in [3.8, 4) is 0 Å². The zero-order valence-corrected chi connectivity index (χ0v) is 10.8. The van der Waals surface area contributed by atoms with E-state index in [4.69, 9.17) is 4.74 Å². The fourth-order valence-corrected chi connectivity index (χ4v) is 2.32. The molecule has 0 heterocycles. The molecule has 0 aromatic heterocycles. The molecule has 0 saturated heterocycles. The Kier molecular flexibility index (Phi) is 6.51. The summed E-state index contributed by atoms with van der Waals surface area (Å²) in [6, 6.07) is 0. The summed E-state index contributed by atoms with van der Waals surface area (Å²) in [5.41, 5.74) is 0. The predicted molar refractivity (Wildman–Crippen MR) is 66.2 cm³/mol. The Morgan fingerprint density at radius 1 is 1.31 bits per heavy atom. The van der Waals surface area contributed by atoms with Crippen molar-refractivity contribution >= 4 is 5.97 Å². The Morgan fingerprint density at radius 3 is 2.62 bits per heavy atom. The van der Waals surface area contributed by atoms with Crippen molar-refractivity contribution in [2.45, 2.75) is 65.2 Å². The molecule has 2 nitrogen and oxygen atoms in total. The van der Waals surface area contributed by atoms with Crippen LogP contribution in [-0.4, -0.2) is 12.6 Å². The maximum atomic E-state index is 11.8. The Bertz CT molecular complexity index is 195. The number of carbonyl (C=O) groups excluding carboxylic acids is 1. The monoisotopic (exact) mass is 226 g/mol. The average Bonchev–Trinajstić information content (AvgIpc) is 2.34. The van der Waals surface area contributed by atoms with Crippen molar-refractivity contribution < 1.29 is 9.53 Å². The number of carbonyl (C=O) groups is 1. The molecule has 0 aromatic carbocycles. The molecule has 1 unspecified atom stereocenters. The van der Waals surface area contributed by atoms with Gasteiger partial charge in [0.25, 0.3) is 0 Å². The minimum atomic E-state index is 0.0584. The molecule has 1 rings (SSSR count). The predicted octanol–water partition coefficient (Wildman–Crippen LogP) is 3.94. The van der Waals surface area contributed by atoms with Crippen LogP contribution in [0, 0.1) is 11.8 Å². The molecule has 1 aliphatic rings. The van der Waals surface area contributed by atoms with Gasteiger partial charge in [-0.1, -0.05) is 46.0 Å². The van der Waals surface area contributed by atoms with Gasteiger partial charge in [0.15, 0.2) is 0 Å². The van der Waals surface area contributed by atoms with E-state index >= 15 is 0 Å². The molecule has 1 saturated carbocycles. The topological polar surface area (TPSA) is 26.3 Å². The summed E-state index contributed by atoms with van der Waals surface area (Å²) in [4.78, 5) is 11.8. The van der Waals surface area contributed by atoms with Crippen LogP contribution in [0.4, 0.5) is 0 Å². The van der Waals surface area contributed by atoms with Crippen molar-refractivity contribution in [1.29, 1.82) is 0 Å². The number of hydrogen-bond donors (Lipinski definition) is 0. The first-order chi connectivity index (χ1) is 7.74. The zero-order chi connectivity index (χ0) is 11.8. The summed E-state index contributed by atoms with van der Waals surface area (Å²) in [7, 11) is 0. The maximum absolute atomic E-state index is 11.8. The molecule has 1 atom stereocenters. The van der Waals surface area contributed by atoms with Gasteiger partial charge in [0.05, 0.1) is 12.5 Å². The van der Waals surface area contributed by atoms with Crippen LogP contribution in [-0.2, 0) is 9.53 Å². The van der Waals surface area contributed by atoms with Gasteiger partial charge in [-0.3, -0.25) is 4.79 Å². The van der Waals surface area contributed by atoms with Gasteiger partial charge >= 0.3 is 5.97 Å². The van der Waals surface area contributed by atoms with E-state index in [-0.39, 0.29) is 11.9 Å². The second-order valence-corrected chi connectivity index (χ2v) is 5.21. The quantitative estimate of drug-likeness (QED) is 0.641. The largest absolute Gasteiger partial charge is 0.465 e. The van der Waals surface area contributed by atoms with Crippen molar-refractivity contribution in [1.82, 2.24) is 0 Å². The second kappa shape index (κ2) is 7.70. The highest BCUT2D eigenvalue weighted by molar-refractivity contribution is 5.72. The molecule has 1 aliphatic carbocycles. The molecular formula is C14H26O2. The lowest BCUT2D eigenvalue weighted by molar-refractivity contribution is -0.151. The highest BCUT2D eigenvalue weighted by Crippen LogP contribution is 2.24. The van der Waals surface area contributed by atoms with E-state index in [0.717, 1.165) is 12.8 Å². The molecule has 2 heteroatoms. The van der Waals surface area contributed by atoms with Gasteiger partial charge in [0, 0.05) is 0 Å². The van der Waals surface area contributed by atoms with E-state index in [2.05, 4.69) is 13.8 Å². The number of hydrogen-bond acceptors (Lipinski definition) is 2. The highest BCUT2D eigenvalue weighted by atomic mass is 16.5. The summed E-state index contributed by atoms with van der Waals surface area (Å²) in [6.07, 6.45) is 9.41. The molecular weight excluding hydrogens is 200 g/mol. The third kappa shape index (κ3) is 5.00. The van der Waals surface area contributed by atoms with E-state index in [9.17, 15) is 4.79 Å². The maximum Gasteiger partial charge on any atom is 0.308 e. The van der Waals surface area contributed by atoms with E-state index in [1.807, 2.05) is 0 Å². The van der Waals surface area contributed by atoms with Gasteiger partial charge in [0.1, 0.15) is 0 Å². The van der Waals surface area contributed by atoms with Crippen LogP contribution < -0.4 is 0 Å². The first kappa shape index (κ1) is 13.5. The molecule has 0 amide bonds. The first-order valence-electron chi connectivity index (χ1n) is 6.90. The normalized spacial score (nSPS) is 19.4. The van der Waals surface area contributed by atoms with Gasteiger partial charge in [-0.15, -0.1) is 0 Å². The van der Waals surface area contributed by atoms with Gasteiger partial charge in [-0.2, -0.15) is 0 Å². The van der Waals surface area contributed by atoms with E-state index in [0.29, 0.717) is 12.5 Å². The molecule has 0 aromatic rings. The second-order valence-electron chi connectivity index (χ2n) is 5.21. The first-order valence-corrected chi connectivity index (χ1v) is 6.90. The van der Waals surface area contributed by atoms with Crippen LogP contribution >= 0.6 is 0 Å². The molecule has 0 aliphatic heterocycles. The number of esters is 1. The number of rotatable bonds is 6.